The number of aromatic amines is 1. The smallest absolute Gasteiger partial charge is 0.328 e. The molecular weight excluding hydrogens is 446 g/mol. The van der Waals surface area contributed by atoms with Gasteiger partial charge in [0.05, 0.1) is 6.61 Å². The van der Waals surface area contributed by atoms with Crippen molar-refractivity contribution >= 4 is 11.8 Å². The summed E-state index contributed by atoms with van der Waals surface area (Å²) in [6.07, 6.45) is 1.27. The molecule has 3 N–H and O–H groups in total. The van der Waals surface area contributed by atoms with E-state index in [2.05, 4.69) is 15.2 Å². The molecule has 1 aromatic carbocycles. The Morgan fingerprint density at radius 1 is 1.15 bits per heavy atom. The number of rotatable bonds is 7. The first-order chi connectivity index (χ1) is 16.3. The highest BCUT2D eigenvalue weighted by atomic mass is 16.7. The van der Waals surface area contributed by atoms with Gasteiger partial charge in [-0.05, 0) is 24.6 Å². The lowest BCUT2D eigenvalue weighted by Gasteiger charge is -2.36. The molecule has 1 atom stereocenters. The number of aryl methyl sites for hydroxylation is 1. The number of benzene rings is 1. The van der Waals surface area contributed by atoms with Crippen LogP contribution in [-0.2, 0) is 22.7 Å². The van der Waals surface area contributed by atoms with Crippen LogP contribution in [0.3, 0.4) is 0 Å². The van der Waals surface area contributed by atoms with Crippen molar-refractivity contribution in [3.8, 4) is 11.5 Å². The second kappa shape index (κ2) is 10.1. The van der Waals surface area contributed by atoms with Crippen LogP contribution in [0.2, 0.25) is 0 Å². The lowest BCUT2D eigenvalue weighted by atomic mass is 10.1. The van der Waals surface area contributed by atoms with Gasteiger partial charge < -0.3 is 24.8 Å². The number of fused-ring (bicyclic) bond motifs is 1. The number of H-pyrrole nitrogens is 1. The van der Waals surface area contributed by atoms with Crippen LogP contribution in [0.5, 0.6) is 11.5 Å². The van der Waals surface area contributed by atoms with E-state index in [0.29, 0.717) is 32.7 Å². The number of carbonyl (C=O) groups is 2. The van der Waals surface area contributed by atoms with E-state index in [4.69, 9.17) is 9.47 Å². The van der Waals surface area contributed by atoms with Gasteiger partial charge in [0.25, 0.3) is 5.56 Å². The fraction of sp³-hybridized carbons (Fsp3) is 0.455. The Morgan fingerprint density at radius 2 is 1.88 bits per heavy atom. The van der Waals surface area contributed by atoms with Gasteiger partial charge >= 0.3 is 5.69 Å². The van der Waals surface area contributed by atoms with Gasteiger partial charge in [0.2, 0.25) is 18.6 Å². The molecule has 3 heterocycles. The highest BCUT2D eigenvalue weighted by Crippen LogP contribution is 2.32. The molecule has 0 radical (unpaired) electrons. The summed E-state index contributed by atoms with van der Waals surface area (Å²) in [6.45, 7) is 3.67. The van der Waals surface area contributed by atoms with Crippen molar-refractivity contribution in [3.63, 3.8) is 0 Å². The molecule has 12 heteroatoms. The number of hydrogen-bond acceptors (Lipinski definition) is 8. The fourth-order valence-electron chi connectivity index (χ4n) is 3.96. The van der Waals surface area contributed by atoms with Gasteiger partial charge in [0, 0.05) is 44.5 Å². The van der Waals surface area contributed by atoms with Crippen LogP contribution in [0.25, 0.3) is 0 Å². The van der Waals surface area contributed by atoms with Gasteiger partial charge in [0.1, 0.15) is 12.6 Å². The fourth-order valence-corrected chi connectivity index (χ4v) is 3.96. The molecular formula is C22H27N5O7. The number of nitrogens with zero attached hydrogens (tertiary/aromatic N) is 3. The van der Waals surface area contributed by atoms with Crippen molar-refractivity contribution in [1.29, 1.82) is 0 Å². The molecule has 1 saturated heterocycles. The van der Waals surface area contributed by atoms with Crippen molar-refractivity contribution in [2.45, 2.75) is 26.1 Å². The molecule has 1 aromatic heterocycles. The molecule has 4 rings (SSSR count). The quantitative estimate of drug-likeness (QED) is 0.436. The first-order valence-electron chi connectivity index (χ1n) is 10.9. The van der Waals surface area contributed by atoms with Crippen molar-refractivity contribution in [3.05, 3.63) is 56.4 Å². The van der Waals surface area contributed by atoms with Crippen LogP contribution < -0.4 is 26.0 Å². The molecule has 0 aliphatic carbocycles. The van der Waals surface area contributed by atoms with E-state index in [-0.39, 0.29) is 24.8 Å². The highest BCUT2D eigenvalue weighted by molar-refractivity contribution is 5.87. The van der Waals surface area contributed by atoms with Crippen LogP contribution >= 0.6 is 0 Å². The predicted molar refractivity (Wildman–Crippen MR) is 119 cm³/mol. The molecule has 0 spiro atoms. The molecule has 0 saturated carbocycles. The third-order valence-electron chi connectivity index (χ3n) is 5.85. The van der Waals surface area contributed by atoms with E-state index in [1.807, 2.05) is 18.2 Å². The van der Waals surface area contributed by atoms with Gasteiger partial charge in [-0.1, -0.05) is 6.07 Å². The summed E-state index contributed by atoms with van der Waals surface area (Å²) in [5.41, 5.74) is 0.108. The maximum atomic E-state index is 12.9. The Morgan fingerprint density at radius 3 is 2.62 bits per heavy atom. The van der Waals surface area contributed by atoms with Gasteiger partial charge in [-0.2, -0.15) is 0 Å². The van der Waals surface area contributed by atoms with E-state index in [9.17, 15) is 24.3 Å². The number of carbonyl (C=O) groups excluding carboxylic acids is 2. The lowest BCUT2D eigenvalue weighted by Crippen LogP contribution is -2.56. The van der Waals surface area contributed by atoms with Gasteiger partial charge in [-0.15, -0.1) is 0 Å². The van der Waals surface area contributed by atoms with Crippen molar-refractivity contribution in [2.24, 2.45) is 0 Å². The SMILES string of the molecule is Cc1cn(CC(=O)NC(CO)C(=O)N2CCN(Cc3ccc4c(c3)OCO4)CC2)c(=O)[nH]c1=O. The Hall–Kier alpha value is -3.64. The summed E-state index contributed by atoms with van der Waals surface area (Å²) in [5, 5.41) is 12.2. The Balaban J connectivity index is 1.29. The Bertz CT molecular complexity index is 1180. The molecule has 182 valence electrons. The molecule has 2 aliphatic rings. The normalized spacial score (nSPS) is 16.4. The van der Waals surface area contributed by atoms with Gasteiger partial charge in [-0.25, -0.2) is 4.79 Å². The largest absolute Gasteiger partial charge is 0.454 e. The van der Waals surface area contributed by atoms with Crippen LogP contribution in [0, 0.1) is 6.92 Å². The van der Waals surface area contributed by atoms with Crippen LogP contribution in [-0.4, -0.2) is 81.9 Å². The van der Waals surface area contributed by atoms with E-state index in [1.165, 1.54) is 13.1 Å². The second-order valence-corrected chi connectivity index (χ2v) is 8.29. The van der Waals surface area contributed by atoms with E-state index in [1.54, 1.807) is 4.90 Å². The van der Waals surface area contributed by atoms with E-state index in [0.717, 1.165) is 21.6 Å². The molecule has 12 nitrogen and oxygen atoms in total. The zero-order chi connectivity index (χ0) is 24.2. The summed E-state index contributed by atoms with van der Waals surface area (Å²) in [4.78, 5) is 54.5. The molecule has 2 aliphatic heterocycles. The minimum absolute atomic E-state index is 0.226. The van der Waals surface area contributed by atoms with E-state index >= 15 is 0 Å². The first-order valence-corrected chi connectivity index (χ1v) is 10.9. The summed E-state index contributed by atoms with van der Waals surface area (Å²) in [6, 6.07) is 4.70. The van der Waals surface area contributed by atoms with Crippen LogP contribution in [0.15, 0.2) is 34.0 Å². The highest BCUT2D eigenvalue weighted by Gasteiger charge is 2.28. The maximum Gasteiger partial charge on any atom is 0.328 e. The average molecular weight is 473 g/mol. The number of aromatic nitrogens is 2. The Labute approximate surface area is 194 Å². The van der Waals surface area contributed by atoms with Gasteiger partial charge in [0.15, 0.2) is 11.5 Å². The number of aliphatic hydroxyl groups is 1. The van der Waals surface area contributed by atoms with Crippen molar-refractivity contribution in [2.75, 3.05) is 39.6 Å². The molecule has 2 aromatic rings. The number of nitrogens with one attached hydrogen (secondary N) is 2. The summed E-state index contributed by atoms with van der Waals surface area (Å²) >= 11 is 0. The number of ether oxygens (including phenoxy) is 2. The summed E-state index contributed by atoms with van der Waals surface area (Å²) in [7, 11) is 0. The standard InChI is InChI=1S/C22H27N5O7/c1-14-9-27(22(32)24-20(14)30)11-19(29)23-16(12-28)21(31)26-6-4-25(5-7-26)10-15-2-3-17-18(8-15)34-13-33-17/h2-3,8-9,16,28H,4-7,10-13H2,1H3,(H,23,29)(H,24,30,32). The van der Waals surface area contributed by atoms with E-state index < -0.39 is 29.8 Å². The molecule has 2 amide bonds. The molecule has 34 heavy (non-hydrogen) atoms. The molecule has 0 bridgehead atoms. The Kier molecular flexibility index (Phi) is 6.98. The average Bonchev–Trinajstić information content (AvgIpc) is 3.29. The molecule has 1 unspecified atom stereocenters. The molecule has 1 fully saturated rings. The predicted octanol–water partition coefficient (Wildman–Crippen LogP) is -1.60. The number of amides is 2. The van der Waals surface area contributed by atoms with Gasteiger partial charge in [-0.3, -0.25) is 28.8 Å². The summed E-state index contributed by atoms with van der Waals surface area (Å²) < 4.78 is 11.8. The first kappa shape index (κ1) is 23.5. The topological polar surface area (TPSA) is 146 Å². The third kappa shape index (κ3) is 5.29. The zero-order valence-corrected chi connectivity index (χ0v) is 18.8. The van der Waals surface area contributed by atoms with Crippen LogP contribution in [0.4, 0.5) is 0 Å². The van der Waals surface area contributed by atoms with Crippen LogP contribution in [0.1, 0.15) is 11.1 Å². The third-order valence-corrected chi connectivity index (χ3v) is 5.85. The monoisotopic (exact) mass is 473 g/mol. The minimum atomic E-state index is -1.12. The minimum Gasteiger partial charge on any atom is -0.454 e. The zero-order valence-electron chi connectivity index (χ0n) is 18.8. The lowest BCUT2D eigenvalue weighted by molar-refractivity contribution is -0.139. The second-order valence-electron chi connectivity index (χ2n) is 8.29. The van der Waals surface area contributed by atoms with Crippen molar-refractivity contribution < 1.29 is 24.2 Å². The number of aliphatic hydroxyl groups excluding tert-OH is 1. The number of hydrogen-bond donors (Lipinski definition) is 3. The maximum absolute atomic E-state index is 12.9. The number of piperazine rings is 1. The summed E-state index contributed by atoms with van der Waals surface area (Å²) in [5.74, 6) is 0.454. The van der Waals surface area contributed by atoms with Crippen molar-refractivity contribution in [1.82, 2.24) is 24.7 Å².